The summed E-state index contributed by atoms with van der Waals surface area (Å²) in [5.41, 5.74) is 5.29. The number of carbonyl (C=O) groups is 1. The Bertz CT molecular complexity index is 132. The third-order valence-electron chi connectivity index (χ3n) is 1.45. The SMILES string of the molecule is CC.NCCCCOCCNC(=O)CO. The summed E-state index contributed by atoms with van der Waals surface area (Å²) in [7, 11) is 0. The van der Waals surface area contributed by atoms with Crippen molar-refractivity contribution >= 4 is 5.91 Å². The van der Waals surface area contributed by atoms with Gasteiger partial charge in [0.15, 0.2) is 0 Å². The highest BCUT2D eigenvalue weighted by molar-refractivity contribution is 5.76. The molecule has 0 aliphatic heterocycles. The van der Waals surface area contributed by atoms with Crippen LogP contribution < -0.4 is 11.1 Å². The molecule has 0 rings (SSSR count). The topological polar surface area (TPSA) is 84.6 Å². The van der Waals surface area contributed by atoms with Gasteiger partial charge in [-0.2, -0.15) is 0 Å². The standard InChI is InChI=1S/C8H18N2O3.C2H6/c9-3-1-2-5-13-6-4-10-8(12)7-11;1-2/h11H,1-7,9H2,(H,10,12);1-2H3. The Kier molecular flexibility index (Phi) is 17.7. The van der Waals surface area contributed by atoms with Crippen molar-refractivity contribution in [3.05, 3.63) is 0 Å². The fourth-order valence-corrected chi connectivity index (χ4v) is 0.769. The van der Waals surface area contributed by atoms with Gasteiger partial charge in [0.1, 0.15) is 6.61 Å². The Labute approximate surface area is 92.0 Å². The minimum Gasteiger partial charge on any atom is -0.387 e. The summed E-state index contributed by atoms with van der Waals surface area (Å²) in [6.07, 6.45) is 1.91. The highest BCUT2D eigenvalue weighted by atomic mass is 16.5. The van der Waals surface area contributed by atoms with E-state index in [1.807, 2.05) is 13.8 Å². The second-order valence-corrected chi connectivity index (χ2v) is 2.62. The van der Waals surface area contributed by atoms with E-state index in [9.17, 15) is 4.79 Å². The number of rotatable bonds is 8. The van der Waals surface area contributed by atoms with Gasteiger partial charge in [0.05, 0.1) is 6.61 Å². The Morgan fingerprint density at radius 3 is 2.53 bits per heavy atom. The Hall–Kier alpha value is -0.650. The number of hydrogen-bond donors (Lipinski definition) is 3. The van der Waals surface area contributed by atoms with Crippen LogP contribution in [0.15, 0.2) is 0 Å². The molecule has 0 spiro atoms. The van der Waals surface area contributed by atoms with Crippen LogP contribution in [-0.2, 0) is 9.53 Å². The molecule has 15 heavy (non-hydrogen) atoms. The minimum absolute atomic E-state index is 0.370. The van der Waals surface area contributed by atoms with Crippen LogP contribution in [0.3, 0.4) is 0 Å². The quantitative estimate of drug-likeness (QED) is 0.498. The van der Waals surface area contributed by atoms with Crippen molar-refractivity contribution in [2.24, 2.45) is 5.73 Å². The summed E-state index contributed by atoms with van der Waals surface area (Å²) in [6.45, 7) is 5.82. The summed E-state index contributed by atoms with van der Waals surface area (Å²) in [4.78, 5) is 10.5. The summed E-state index contributed by atoms with van der Waals surface area (Å²) < 4.78 is 5.18. The van der Waals surface area contributed by atoms with Crippen molar-refractivity contribution in [2.75, 3.05) is 32.9 Å². The van der Waals surface area contributed by atoms with Gasteiger partial charge in [-0.15, -0.1) is 0 Å². The van der Waals surface area contributed by atoms with Gasteiger partial charge in [0.25, 0.3) is 0 Å². The summed E-state index contributed by atoms with van der Waals surface area (Å²) in [5, 5.41) is 10.8. The van der Waals surface area contributed by atoms with Crippen LogP contribution in [0.1, 0.15) is 26.7 Å². The monoisotopic (exact) mass is 220 g/mol. The van der Waals surface area contributed by atoms with E-state index in [2.05, 4.69) is 5.32 Å². The van der Waals surface area contributed by atoms with Crippen molar-refractivity contribution in [3.63, 3.8) is 0 Å². The second kappa shape index (κ2) is 15.8. The van der Waals surface area contributed by atoms with Gasteiger partial charge in [0.2, 0.25) is 5.91 Å². The molecule has 0 aromatic rings. The van der Waals surface area contributed by atoms with Crippen molar-refractivity contribution in [1.82, 2.24) is 5.32 Å². The molecule has 4 N–H and O–H groups in total. The van der Waals surface area contributed by atoms with E-state index in [4.69, 9.17) is 15.6 Å². The van der Waals surface area contributed by atoms with Gasteiger partial charge in [-0.05, 0) is 19.4 Å². The zero-order valence-corrected chi connectivity index (χ0v) is 9.79. The maximum atomic E-state index is 10.5. The Balaban J connectivity index is 0. The lowest BCUT2D eigenvalue weighted by molar-refractivity contribution is -0.124. The van der Waals surface area contributed by atoms with Crippen LogP contribution in [0, 0.1) is 0 Å². The van der Waals surface area contributed by atoms with E-state index in [0.29, 0.717) is 26.3 Å². The minimum atomic E-state index is -0.465. The van der Waals surface area contributed by atoms with Crippen molar-refractivity contribution in [1.29, 1.82) is 0 Å². The van der Waals surface area contributed by atoms with Gasteiger partial charge in [-0.1, -0.05) is 13.8 Å². The molecule has 0 radical (unpaired) electrons. The number of aliphatic hydroxyl groups is 1. The summed E-state index contributed by atoms with van der Waals surface area (Å²) in [5.74, 6) is -0.370. The van der Waals surface area contributed by atoms with Crippen molar-refractivity contribution in [3.8, 4) is 0 Å². The number of aliphatic hydroxyl groups excluding tert-OH is 1. The average molecular weight is 220 g/mol. The number of nitrogens with one attached hydrogen (secondary N) is 1. The lowest BCUT2D eigenvalue weighted by atomic mass is 10.3. The van der Waals surface area contributed by atoms with E-state index in [1.165, 1.54) is 0 Å². The molecule has 0 saturated heterocycles. The van der Waals surface area contributed by atoms with E-state index in [1.54, 1.807) is 0 Å². The Morgan fingerprint density at radius 1 is 1.33 bits per heavy atom. The largest absolute Gasteiger partial charge is 0.387 e. The van der Waals surface area contributed by atoms with Gasteiger partial charge in [-0.25, -0.2) is 0 Å². The van der Waals surface area contributed by atoms with E-state index >= 15 is 0 Å². The molecular weight excluding hydrogens is 196 g/mol. The normalized spacial score (nSPS) is 9.07. The first-order chi connectivity index (χ1) is 7.31. The lowest BCUT2D eigenvalue weighted by Crippen LogP contribution is -2.29. The highest BCUT2D eigenvalue weighted by Crippen LogP contribution is 1.86. The summed E-state index contributed by atoms with van der Waals surface area (Å²) >= 11 is 0. The second-order valence-electron chi connectivity index (χ2n) is 2.62. The molecule has 0 bridgehead atoms. The van der Waals surface area contributed by atoms with Gasteiger partial charge < -0.3 is 20.9 Å². The first kappa shape index (κ1) is 16.8. The van der Waals surface area contributed by atoms with Gasteiger partial charge in [0, 0.05) is 13.2 Å². The fraction of sp³-hybridized carbons (Fsp3) is 0.900. The van der Waals surface area contributed by atoms with Crippen LogP contribution >= 0.6 is 0 Å². The highest BCUT2D eigenvalue weighted by Gasteiger charge is 1.95. The maximum Gasteiger partial charge on any atom is 0.245 e. The number of nitrogens with two attached hydrogens (primary N) is 1. The predicted octanol–water partition coefficient (Wildman–Crippen LogP) is -0.123. The molecule has 0 saturated carbocycles. The molecular formula is C10H24N2O3. The molecule has 0 aliphatic rings. The van der Waals surface area contributed by atoms with Gasteiger partial charge >= 0.3 is 0 Å². The maximum absolute atomic E-state index is 10.5. The van der Waals surface area contributed by atoms with Gasteiger partial charge in [-0.3, -0.25) is 4.79 Å². The van der Waals surface area contributed by atoms with Crippen LogP contribution in [0.2, 0.25) is 0 Å². The van der Waals surface area contributed by atoms with Crippen LogP contribution in [0.25, 0.3) is 0 Å². The molecule has 1 amide bonds. The molecule has 0 aromatic heterocycles. The van der Waals surface area contributed by atoms with Crippen molar-refractivity contribution < 1.29 is 14.6 Å². The molecule has 0 heterocycles. The number of unbranched alkanes of at least 4 members (excludes halogenated alkanes) is 1. The number of amides is 1. The predicted molar refractivity (Wildman–Crippen MR) is 60.6 cm³/mol. The number of hydrogen-bond acceptors (Lipinski definition) is 4. The molecule has 0 unspecified atom stereocenters. The van der Waals surface area contributed by atoms with E-state index in [-0.39, 0.29) is 5.91 Å². The summed E-state index contributed by atoms with van der Waals surface area (Å²) in [6, 6.07) is 0. The molecule has 0 atom stereocenters. The number of carbonyl (C=O) groups excluding carboxylic acids is 1. The zero-order valence-electron chi connectivity index (χ0n) is 9.79. The smallest absolute Gasteiger partial charge is 0.245 e. The first-order valence-electron chi connectivity index (χ1n) is 5.46. The molecule has 0 aliphatic carbocycles. The van der Waals surface area contributed by atoms with Crippen LogP contribution in [0.4, 0.5) is 0 Å². The van der Waals surface area contributed by atoms with E-state index < -0.39 is 6.61 Å². The fourth-order valence-electron chi connectivity index (χ4n) is 0.769. The molecule has 5 heteroatoms. The van der Waals surface area contributed by atoms with Crippen molar-refractivity contribution in [2.45, 2.75) is 26.7 Å². The first-order valence-corrected chi connectivity index (χ1v) is 5.46. The third-order valence-corrected chi connectivity index (χ3v) is 1.45. The lowest BCUT2D eigenvalue weighted by Gasteiger charge is -2.04. The van der Waals surface area contributed by atoms with Crippen LogP contribution in [0.5, 0.6) is 0 Å². The van der Waals surface area contributed by atoms with Crippen LogP contribution in [-0.4, -0.2) is 43.9 Å². The average Bonchev–Trinajstić information content (AvgIpc) is 2.30. The molecule has 0 aromatic carbocycles. The zero-order chi connectivity index (χ0) is 11.9. The molecule has 92 valence electrons. The third kappa shape index (κ3) is 16.1. The molecule has 5 nitrogen and oxygen atoms in total. The molecule has 0 fully saturated rings. The van der Waals surface area contributed by atoms with E-state index in [0.717, 1.165) is 12.8 Å². The Morgan fingerprint density at radius 2 is 2.00 bits per heavy atom. The number of ether oxygens (including phenoxy) is 1.